The SMILES string of the molecule is c1ccc(-c2ccc3c4c2-c2cccc5c6ccccc6n(c25)B4c2ccccc2N3c2ccccc2)cc1. The van der Waals surface area contributed by atoms with Gasteiger partial charge in [-0.15, -0.1) is 0 Å². The minimum Gasteiger partial charge on any atom is -0.375 e. The Bertz CT molecular complexity index is 2080. The summed E-state index contributed by atoms with van der Waals surface area (Å²) in [6.07, 6.45) is 0. The Balaban J connectivity index is 1.51. The first kappa shape index (κ1) is 21.0. The van der Waals surface area contributed by atoms with Crippen LogP contribution in [0.4, 0.5) is 17.1 Å². The van der Waals surface area contributed by atoms with E-state index in [-0.39, 0.29) is 6.85 Å². The molecule has 0 radical (unpaired) electrons. The predicted octanol–water partition coefficient (Wildman–Crippen LogP) is 7.88. The molecule has 0 amide bonds. The average Bonchev–Trinajstić information content (AvgIpc) is 3.35. The number of rotatable bonds is 2. The number of hydrogen-bond donors (Lipinski definition) is 0. The summed E-state index contributed by atoms with van der Waals surface area (Å²) in [5.74, 6) is 0. The van der Waals surface area contributed by atoms with Crippen molar-refractivity contribution in [2.75, 3.05) is 4.90 Å². The number of nitrogens with zero attached hydrogens (tertiary/aromatic N) is 2. The summed E-state index contributed by atoms with van der Waals surface area (Å²) in [7, 11) is 0. The smallest absolute Gasteiger partial charge is 0.333 e. The van der Waals surface area contributed by atoms with Crippen molar-refractivity contribution in [3.05, 3.63) is 140 Å². The van der Waals surface area contributed by atoms with E-state index in [9.17, 15) is 0 Å². The number of aromatic nitrogens is 1. The molecule has 2 aliphatic rings. The summed E-state index contributed by atoms with van der Waals surface area (Å²) >= 11 is 0. The first-order valence-electron chi connectivity index (χ1n) is 13.6. The van der Waals surface area contributed by atoms with Crippen molar-refractivity contribution in [3.63, 3.8) is 0 Å². The number of para-hydroxylation sites is 4. The van der Waals surface area contributed by atoms with Crippen molar-refractivity contribution in [3.8, 4) is 22.3 Å². The maximum Gasteiger partial charge on any atom is 0.333 e. The molecule has 0 unspecified atom stereocenters. The van der Waals surface area contributed by atoms with E-state index in [0.717, 1.165) is 0 Å². The molecule has 0 aliphatic carbocycles. The highest BCUT2D eigenvalue weighted by molar-refractivity contribution is 6.90. The Morgan fingerprint density at radius 2 is 1.21 bits per heavy atom. The molecule has 3 heteroatoms. The van der Waals surface area contributed by atoms with Crippen LogP contribution >= 0.6 is 0 Å². The van der Waals surface area contributed by atoms with E-state index in [0.29, 0.717) is 0 Å². The second kappa shape index (κ2) is 7.75. The molecule has 0 saturated heterocycles. The molecule has 6 aromatic carbocycles. The molecular weight excluding hydrogens is 471 g/mol. The lowest BCUT2D eigenvalue weighted by atomic mass is 9.44. The van der Waals surface area contributed by atoms with E-state index in [2.05, 4.69) is 149 Å². The van der Waals surface area contributed by atoms with Crippen molar-refractivity contribution >= 4 is 56.6 Å². The standard InChI is InChI=1S/C36H23BN2/c1-3-12-24(13-4-1)26-22-23-33-35-34(26)29-18-11-17-28-27-16-7-9-20-31(27)39(36(28)29)37(35)30-19-8-10-21-32(30)38(33)25-14-5-2-6-15-25/h1-23H. The van der Waals surface area contributed by atoms with Gasteiger partial charge in [-0.2, -0.15) is 0 Å². The number of anilines is 3. The topological polar surface area (TPSA) is 8.17 Å². The molecule has 0 saturated carbocycles. The van der Waals surface area contributed by atoms with Gasteiger partial charge in [0.05, 0.1) is 0 Å². The molecule has 1 aromatic heterocycles. The summed E-state index contributed by atoms with van der Waals surface area (Å²) in [6.45, 7) is 0.0760. The first-order valence-corrected chi connectivity index (χ1v) is 13.6. The largest absolute Gasteiger partial charge is 0.375 e. The molecule has 0 fully saturated rings. The molecule has 39 heavy (non-hydrogen) atoms. The quantitative estimate of drug-likeness (QED) is 0.222. The van der Waals surface area contributed by atoms with Gasteiger partial charge in [0.2, 0.25) is 0 Å². The zero-order valence-electron chi connectivity index (χ0n) is 21.3. The van der Waals surface area contributed by atoms with E-state index < -0.39 is 0 Å². The number of fused-ring (bicyclic) bond motifs is 7. The van der Waals surface area contributed by atoms with E-state index in [1.807, 2.05) is 0 Å². The lowest BCUT2D eigenvalue weighted by Crippen LogP contribution is -2.56. The van der Waals surface area contributed by atoms with Crippen molar-refractivity contribution < 1.29 is 0 Å². The molecular formula is C36H23BN2. The van der Waals surface area contributed by atoms with Gasteiger partial charge < -0.3 is 9.38 Å². The van der Waals surface area contributed by atoms with Crippen LogP contribution in [-0.4, -0.2) is 11.3 Å². The summed E-state index contributed by atoms with van der Waals surface area (Å²) < 4.78 is 2.61. The van der Waals surface area contributed by atoms with Crippen LogP contribution < -0.4 is 15.8 Å². The lowest BCUT2D eigenvalue weighted by Gasteiger charge is -2.41. The summed E-state index contributed by atoms with van der Waals surface area (Å²) in [5.41, 5.74) is 14.2. The second-order valence-electron chi connectivity index (χ2n) is 10.5. The van der Waals surface area contributed by atoms with Crippen LogP contribution in [-0.2, 0) is 0 Å². The highest BCUT2D eigenvalue weighted by atomic mass is 15.2. The Labute approximate surface area is 227 Å². The zero-order valence-corrected chi connectivity index (χ0v) is 21.3. The third-order valence-corrected chi connectivity index (χ3v) is 8.57. The van der Waals surface area contributed by atoms with Crippen molar-refractivity contribution in [1.82, 2.24) is 4.48 Å². The van der Waals surface area contributed by atoms with Crippen LogP contribution in [0.15, 0.2) is 140 Å². The molecule has 2 nitrogen and oxygen atoms in total. The van der Waals surface area contributed by atoms with Crippen LogP contribution in [0.25, 0.3) is 44.1 Å². The molecule has 3 heterocycles. The fraction of sp³-hybridized carbons (Fsp3) is 0. The third kappa shape index (κ3) is 2.72. The van der Waals surface area contributed by atoms with Gasteiger partial charge in [-0.1, -0.05) is 109 Å². The van der Waals surface area contributed by atoms with Crippen LogP contribution in [0.5, 0.6) is 0 Å². The van der Waals surface area contributed by atoms with Gasteiger partial charge in [-0.25, -0.2) is 0 Å². The lowest BCUT2D eigenvalue weighted by molar-refractivity contribution is 1.25. The van der Waals surface area contributed by atoms with Crippen LogP contribution in [0.1, 0.15) is 0 Å². The van der Waals surface area contributed by atoms with E-state index >= 15 is 0 Å². The van der Waals surface area contributed by atoms with Gasteiger partial charge in [-0.3, -0.25) is 0 Å². The fourth-order valence-electron chi connectivity index (χ4n) is 7.08. The predicted molar refractivity (Wildman–Crippen MR) is 165 cm³/mol. The summed E-state index contributed by atoms with van der Waals surface area (Å²) in [5, 5.41) is 2.63. The molecule has 0 atom stereocenters. The Morgan fingerprint density at radius 3 is 2.08 bits per heavy atom. The van der Waals surface area contributed by atoms with Crippen LogP contribution in [0.2, 0.25) is 0 Å². The van der Waals surface area contributed by atoms with Gasteiger partial charge in [0.15, 0.2) is 0 Å². The summed E-state index contributed by atoms with van der Waals surface area (Å²) in [6, 6.07) is 51.0. The minimum absolute atomic E-state index is 0.0760. The van der Waals surface area contributed by atoms with Gasteiger partial charge in [0.1, 0.15) is 0 Å². The van der Waals surface area contributed by atoms with Crippen LogP contribution in [0.3, 0.4) is 0 Å². The molecule has 9 rings (SSSR count). The Morgan fingerprint density at radius 1 is 0.487 bits per heavy atom. The van der Waals surface area contributed by atoms with Gasteiger partial charge in [0, 0.05) is 44.4 Å². The van der Waals surface area contributed by atoms with Crippen molar-refractivity contribution in [1.29, 1.82) is 0 Å². The minimum atomic E-state index is 0.0760. The van der Waals surface area contributed by atoms with Crippen molar-refractivity contribution in [2.24, 2.45) is 0 Å². The zero-order chi connectivity index (χ0) is 25.5. The molecule has 180 valence electrons. The summed E-state index contributed by atoms with van der Waals surface area (Å²) in [4.78, 5) is 2.45. The van der Waals surface area contributed by atoms with Gasteiger partial charge in [0.25, 0.3) is 0 Å². The van der Waals surface area contributed by atoms with Crippen LogP contribution in [0, 0.1) is 0 Å². The van der Waals surface area contributed by atoms with E-state index in [1.165, 1.54) is 72.0 Å². The van der Waals surface area contributed by atoms with E-state index in [1.54, 1.807) is 0 Å². The Hall–Kier alpha value is -5.02. The van der Waals surface area contributed by atoms with E-state index in [4.69, 9.17) is 0 Å². The van der Waals surface area contributed by atoms with Gasteiger partial charge >= 0.3 is 6.85 Å². The number of hydrogen-bond acceptors (Lipinski definition) is 1. The third-order valence-electron chi connectivity index (χ3n) is 8.57. The highest BCUT2D eigenvalue weighted by Gasteiger charge is 2.43. The highest BCUT2D eigenvalue weighted by Crippen LogP contribution is 2.47. The van der Waals surface area contributed by atoms with Crippen molar-refractivity contribution in [2.45, 2.75) is 0 Å². The first-order chi connectivity index (χ1) is 19.4. The van der Waals surface area contributed by atoms with Gasteiger partial charge in [-0.05, 0) is 57.9 Å². The normalized spacial score (nSPS) is 13.0. The maximum atomic E-state index is 2.61. The molecule has 2 aliphatic heterocycles. The Kier molecular flexibility index (Phi) is 4.17. The molecule has 0 N–H and O–H groups in total. The molecule has 0 spiro atoms. The second-order valence-corrected chi connectivity index (χ2v) is 10.5. The maximum absolute atomic E-state index is 2.61. The number of benzene rings is 6. The molecule has 7 aromatic rings. The average molecular weight is 494 g/mol. The molecule has 0 bridgehead atoms. The fourth-order valence-corrected chi connectivity index (χ4v) is 7.08. The monoisotopic (exact) mass is 494 g/mol.